The quantitative estimate of drug-likeness (QED) is 0.626. The summed E-state index contributed by atoms with van der Waals surface area (Å²) in [5.74, 6) is 0. The number of nitrogens with one attached hydrogen (secondary N) is 2. The Morgan fingerprint density at radius 2 is 1.15 bits per heavy atom. The number of thiocarbonyl (C=S) groups is 1. The molecule has 1 aliphatic heterocycles. The fraction of sp³-hybridized carbons (Fsp3) is 0. The van der Waals surface area contributed by atoms with Crippen molar-refractivity contribution in [1.82, 2.24) is 9.97 Å². The molecule has 1 aromatic heterocycles. The molecule has 2 heterocycles. The summed E-state index contributed by atoms with van der Waals surface area (Å²) in [6.07, 6.45) is 0. The van der Waals surface area contributed by atoms with Gasteiger partial charge in [-0.05, 0) is 48.7 Å². The van der Waals surface area contributed by atoms with Crippen LogP contribution >= 0.6 is 24.4 Å². The van der Waals surface area contributed by atoms with Gasteiger partial charge in [0.1, 0.15) is 0 Å². The Bertz CT molecular complexity index is 880. The molecular weight excluding hydrogens is 288 g/mol. The zero-order valence-electron chi connectivity index (χ0n) is 10.3. The molecule has 0 saturated heterocycles. The second-order valence-corrected chi connectivity index (χ2v) is 4.89. The second kappa shape index (κ2) is 5.44. The number of nitrogens with zero attached hydrogens (tertiary/aromatic N) is 2. The normalized spacial score (nSPS) is 12.1. The first-order valence-corrected chi connectivity index (χ1v) is 6.77. The van der Waals surface area contributed by atoms with Crippen LogP contribution in [0.15, 0.2) is 58.5 Å². The van der Waals surface area contributed by atoms with E-state index in [4.69, 9.17) is 24.4 Å². The van der Waals surface area contributed by atoms with Crippen LogP contribution in [-0.4, -0.2) is 15.1 Å². The fourth-order valence-corrected chi connectivity index (χ4v) is 2.28. The van der Waals surface area contributed by atoms with Crippen LogP contribution in [0.2, 0.25) is 0 Å². The molecule has 0 spiro atoms. The molecule has 0 radical (unpaired) electrons. The summed E-state index contributed by atoms with van der Waals surface area (Å²) in [4.78, 5) is 14.1. The van der Waals surface area contributed by atoms with Crippen molar-refractivity contribution in [2.24, 2.45) is 9.98 Å². The van der Waals surface area contributed by atoms with Crippen molar-refractivity contribution in [3.05, 3.63) is 64.0 Å². The zero-order chi connectivity index (χ0) is 13.9. The third-order valence-electron chi connectivity index (χ3n) is 2.74. The summed E-state index contributed by atoms with van der Waals surface area (Å²) in [6, 6.07) is 15.6. The van der Waals surface area contributed by atoms with Crippen molar-refractivity contribution in [3.63, 3.8) is 0 Å². The number of imidazole rings is 1. The number of rotatable bonds is 0. The molecule has 98 valence electrons. The SMILES string of the molecule is S=C1N=c2ccccc2=N1.S=c1[nH]c2ccccc2[nH]1. The molecule has 0 unspecified atom stereocenters. The van der Waals surface area contributed by atoms with Crippen LogP contribution in [-0.2, 0) is 0 Å². The lowest BCUT2D eigenvalue weighted by atomic mass is 10.3. The maximum Gasteiger partial charge on any atom is 0.220 e. The number of para-hydroxylation sites is 4. The molecule has 2 N–H and O–H groups in total. The molecule has 0 saturated carbocycles. The molecule has 0 fully saturated rings. The number of aromatic nitrogens is 2. The number of hydrogen-bond donors (Lipinski definition) is 2. The maximum absolute atomic E-state index is 4.90. The first-order chi connectivity index (χ1) is 9.72. The Hall–Kier alpha value is -2.18. The van der Waals surface area contributed by atoms with E-state index in [0.717, 1.165) is 21.7 Å². The molecule has 0 atom stereocenters. The highest BCUT2D eigenvalue weighted by Gasteiger charge is 1.97. The predicted molar refractivity (Wildman–Crippen MR) is 84.8 cm³/mol. The van der Waals surface area contributed by atoms with E-state index in [-0.39, 0.29) is 0 Å². The third kappa shape index (κ3) is 2.71. The van der Waals surface area contributed by atoms with Crippen molar-refractivity contribution in [3.8, 4) is 0 Å². The van der Waals surface area contributed by atoms with E-state index in [2.05, 4.69) is 20.0 Å². The summed E-state index contributed by atoms with van der Waals surface area (Å²) < 4.78 is 0.682. The summed E-state index contributed by atoms with van der Waals surface area (Å²) in [7, 11) is 0. The summed E-state index contributed by atoms with van der Waals surface area (Å²) in [6.45, 7) is 0. The highest BCUT2D eigenvalue weighted by atomic mass is 32.1. The summed E-state index contributed by atoms with van der Waals surface area (Å²) in [5.41, 5.74) is 2.13. The van der Waals surface area contributed by atoms with Crippen molar-refractivity contribution in [2.45, 2.75) is 0 Å². The molecule has 0 amide bonds. The lowest BCUT2D eigenvalue weighted by molar-refractivity contribution is 1.30. The van der Waals surface area contributed by atoms with Gasteiger partial charge in [0, 0.05) is 0 Å². The largest absolute Gasteiger partial charge is 0.331 e. The van der Waals surface area contributed by atoms with E-state index in [0.29, 0.717) is 9.88 Å². The average Bonchev–Trinajstić information content (AvgIpc) is 2.99. The van der Waals surface area contributed by atoms with Crippen molar-refractivity contribution >= 4 is 40.6 Å². The lowest BCUT2D eigenvalue weighted by Gasteiger charge is -1.82. The van der Waals surface area contributed by atoms with Gasteiger partial charge in [-0.15, -0.1) is 0 Å². The first kappa shape index (κ1) is 12.8. The summed E-state index contributed by atoms with van der Waals surface area (Å²) >= 11 is 9.69. The van der Waals surface area contributed by atoms with Gasteiger partial charge in [-0.2, -0.15) is 0 Å². The van der Waals surface area contributed by atoms with Gasteiger partial charge in [-0.3, -0.25) is 0 Å². The minimum absolute atomic E-state index is 0.432. The molecule has 3 aromatic rings. The van der Waals surface area contributed by atoms with Crippen LogP contribution in [0.5, 0.6) is 0 Å². The Morgan fingerprint density at radius 3 is 1.65 bits per heavy atom. The van der Waals surface area contributed by atoms with Crippen LogP contribution < -0.4 is 10.7 Å². The van der Waals surface area contributed by atoms with Crippen LogP contribution in [0, 0.1) is 4.77 Å². The molecule has 4 rings (SSSR count). The van der Waals surface area contributed by atoms with Gasteiger partial charge in [0.15, 0.2) is 4.77 Å². The molecule has 20 heavy (non-hydrogen) atoms. The van der Waals surface area contributed by atoms with Crippen LogP contribution in [0.1, 0.15) is 0 Å². The zero-order valence-corrected chi connectivity index (χ0v) is 12.0. The Morgan fingerprint density at radius 1 is 0.700 bits per heavy atom. The minimum atomic E-state index is 0.432. The number of H-pyrrole nitrogens is 2. The van der Waals surface area contributed by atoms with E-state index in [1.165, 1.54) is 0 Å². The van der Waals surface area contributed by atoms with Gasteiger partial charge < -0.3 is 9.97 Å². The Labute approximate surface area is 124 Å². The molecule has 6 heteroatoms. The van der Waals surface area contributed by atoms with Crippen LogP contribution in [0.4, 0.5) is 0 Å². The molecule has 4 nitrogen and oxygen atoms in total. The van der Waals surface area contributed by atoms with E-state index in [1.54, 1.807) is 0 Å². The van der Waals surface area contributed by atoms with Crippen molar-refractivity contribution in [2.75, 3.05) is 0 Å². The smallest absolute Gasteiger partial charge is 0.220 e. The molecular formula is C14H10N4S2. The van der Waals surface area contributed by atoms with E-state index < -0.39 is 0 Å². The number of aromatic amines is 2. The number of benzene rings is 2. The van der Waals surface area contributed by atoms with Crippen LogP contribution in [0.25, 0.3) is 11.0 Å². The summed E-state index contributed by atoms with van der Waals surface area (Å²) in [5, 5.41) is 2.20. The fourth-order valence-electron chi connectivity index (χ4n) is 1.86. The lowest BCUT2D eigenvalue weighted by Crippen LogP contribution is -2.19. The first-order valence-electron chi connectivity index (χ1n) is 5.96. The average molecular weight is 298 g/mol. The Balaban J connectivity index is 0.000000121. The number of hydrogen-bond acceptors (Lipinski definition) is 2. The molecule has 0 bridgehead atoms. The van der Waals surface area contributed by atoms with Gasteiger partial charge in [0.2, 0.25) is 5.11 Å². The van der Waals surface area contributed by atoms with Gasteiger partial charge >= 0.3 is 0 Å². The highest BCUT2D eigenvalue weighted by Crippen LogP contribution is 2.06. The van der Waals surface area contributed by atoms with Crippen LogP contribution in [0.3, 0.4) is 0 Å². The number of fused-ring (bicyclic) bond motifs is 2. The third-order valence-corrected chi connectivity index (χ3v) is 3.12. The van der Waals surface area contributed by atoms with Crippen molar-refractivity contribution < 1.29 is 0 Å². The monoisotopic (exact) mass is 298 g/mol. The van der Waals surface area contributed by atoms with Gasteiger partial charge in [0.05, 0.1) is 21.7 Å². The van der Waals surface area contributed by atoms with E-state index >= 15 is 0 Å². The standard InChI is InChI=1S/C7H6N2S.C7H4N2S/c2*10-7-8-5-3-1-2-4-6(5)9-7/h1-4H,(H2,8,9,10);1-4H. The van der Waals surface area contributed by atoms with Gasteiger partial charge in [-0.25, -0.2) is 9.98 Å². The minimum Gasteiger partial charge on any atom is -0.331 e. The maximum atomic E-state index is 4.90. The second-order valence-electron chi connectivity index (χ2n) is 4.12. The van der Waals surface area contributed by atoms with E-state index in [1.807, 2.05) is 48.5 Å². The molecule has 0 aliphatic carbocycles. The molecule has 1 aliphatic rings. The van der Waals surface area contributed by atoms with Crippen molar-refractivity contribution in [1.29, 1.82) is 0 Å². The highest BCUT2D eigenvalue weighted by molar-refractivity contribution is 7.80. The van der Waals surface area contributed by atoms with Gasteiger partial charge in [0.25, 0.3) is 0 Å². The Kier molecular flexibility index (Phi) is 3.49. The topological polar surface area (TPSA) is 56.3 Å². The van der Waals surface area contributed by atoms with Gasteiger partial charge in [-0.1, -0.05) is 24.3 Å². The predicted octanol–water partition coefficient (Wildman–Crippen LogP) is 2.45. The molecule has 2 aromatic carbocycles. The van der Waals surface area contributed by atoms with E-state index in [9.17, 15) is 0 Å².